The lowest BCUT2D eigenvalue weighted by molar-refractivity contribution is -0.308. The van der Waals surface area contributed by atoms with Crippen LogP contribution in [0.2, 0.25) is 0 Å². The lowest BCUT2D eigenvalue weighted by atomic mass is 9.82. The second-order valence-electron chi connectivity index (χ2n) is 17.8. The van der Waals surface area contributed by atoms with Crippen LogP contribution in [0.5, 0.6) is 0 Å². The van der Waals surface area contributed by atoms with Gasteiger partial charge in [0, 0.05) is 19.3 Å². The number of aliphatic carboxylic acids is 1. The summed E-state index contributed by atoms with van der Waals surface area (Å²) in [7, 11) is 0. The number of aliphatic hydroxyl groups is 8. The van der Waals surface area contributed by atoms with Gasteiger partial charge in [0.2, 0.25) is 0 Å². The minimum absolute atomic E-state index is 0.0183. The van der Waals surface area contributed by atoms with Gasteiger partial charge in [-0.3, -0.25) is 9.59 Å². The summed E-state index contributed by atoms with van der Waals surface area (Å²) in [5, 5.41) is 96.6. The highest BCUT2D eigenvalue weighted by molar-refractivity contribution is 5.71. The van der Waals surface area contributed by atoms with E-state index in [0.717, 1.165) is 0 Å². The monoisotopic (exact) mass is 906 g/mol. The van der Waals surface area contributed by atoms with Crippen LogP contribution in [0, 0.1) is 23.7 Å². The van der Waals surface area contributed by atoms with Crippen molar-refractivity contribution in [3.63, 3.8) is 0 Å². The van der Waals surface area contributed by atoms with Gasteiger partial charge in [-0.25, -0.2) is 0 Å². The highest BCUT2D eigenvalue weighted by Gasteiger charge is 2.50. The number of cyclic esters (lactones) is 1. The topological polar surface area (TPSA) is 279 Å². The zero-order valence-corrected chi connectivity index (χ0v) is 37.8. The number of fused-ring (bicyclic) bond motifs is 2. The summed E-state index contributed by atoms with van der Waals surface area (Å²) < 4.78 is 23.4. The fraction of sp³-hybridized carbons (Fsp3) is 0.667. The van der Waals surface area contributed by atoms with Gasteiger partial charge in [-0.2, -0.15) is 0 Å². The smallest absolute Gasteiger partial charge is 0.311 e. The Bertz CT molecular complexity index is 1630. The molecule has 0 radical (unpaired) electrons. The maximum Gasteiger partial charge on any atom is 0.311 e. The van der Waals surface area contributed by atoms with E-state index in [-0.39, 0.29) is 62.7 Å². The molecule has 3 aliphatic rings. The van der Waals surface area contributed by atoms with E-state index in [2.05, 4.69) is 19.9 Å². The minimum Gasteiger partial charge on any atom is -0.481 e. The zero-order valence-electron chi connectivity index (χ0n) is 37.8. The molecule has 2 fully saturated rings. The van der Waals surface area contributed by atoms with Crippen molar-refractivity contribution >= 4 is 11.9 Å². The van der Waals surface area contributed by atoms with E-state index in [9.17, 15) is 55.5 Å². The van der Waals surface area contributed by atoms with E-state index >= 15 is 0 Å². The first-order valence-electron chi connectivity index (χ1n) is 22.5. The van der Waals surface area contributed by atoms with E-state index in [1.165, 1.54) is 0 Å². The van der Waals surface area contributed by atoms with Crippen molar-refractivity contribution in [1.29, 1.82) is 0 Å². The van der Waals surface area contributed by atoms with Gasteiger partial charge in [0.05, 0.1) is 67.4 Å². The standard InChI is InChI=1S/C48H75NO15/c1-29-18-16-14-12-10-8-6-7-9-11-13-15-17-19-38(63-47-45(57)43(49)44(56)33(5)62-47)26-40-42(46(58)59)39(54)28-48(60,64-40)27-36(52)23-21-34(50)20-22-35(51)24-37(53)25-41(55)61-32(4)31(3)30(29)2/h6-19,29-40,42-45,47,50-54,56-57,60H,20-28,49H2,1-5H3,(H,58,59)/b7-6+,10-8+,11-9+,14-12+,15-13+,18-16+,19-17+/t29-,30+,31+,32-,33?,34+,35+,36-,37+,38-,39-,40-,42+,43?,44?,45?,47?,48+/m0/s1. The van der Waals surface area contributed by atoms with Gasteiger partial charge < -0.3 is 70.6 Å². The van der Waals surface area contributed by atoms with Crippen LogP contribution in [0.3, 0.4) is 0 Å². The first-order valence-corrected chi connectivity index (χ1v) is 22.5. The molecular formula is C48H75NO15. The van der Waals surface area contributed by atoms with Crippen LogP contribution in [0.1, 0.15) is 92.4 Å². The van der Waals surface area contributed by atoms with E-state index in [0.29, 0.717) is 0 Å². The molecule has 0 amide bonds. The molecular weight excluding hydrogens is 831 g/mol. The third-order valence-corrected chi connectivity index (χ3v) is 12.5. The average molecular weight is 906 g/mol. The number of carbonyl (C=O) groups excluding carboxylic acids is 1. The molecule has 18 atom stereocenters. The normalized spacial score (nSPS) is 44.8. The molecule has 0 aliphatic carbocycles. The molecule has 64 heavy (non-hydrogen) atoms. The SMILES string of the molecule is CC1OC(O[C@H]2/C=C/C=C/C=C/C=C/C=C/C=C/C=C/[C@H](C)[C@@H](C)[C@@H](C)[C@H](C)OC(=O)C[C@H](O)C[C@H](O)CC[C@@H](O)CC[C@H](O)C[C@]3(O)C[C@H](O)[C@@H](C(=O)O)[C@H](C2)O3)C(O)C(N)C1O. The Morgan fingerprint density at radius 1 is 0.672 bits per heavy atom. The van der Waals surface area contributed by atoms with Crippen LogP contribution < -0.4 is 5.73 Å². The summed E-state index contributed by atoms with van der Waals surface area (Å²) in [6, 6.07) is -1.12. The number of carboxylic acid groups (broad SMARTS) is 1. The number of nitrogens with two attached hydrogens (primary N) is 1. The fourth-order valence-corrected chi connectivity index (χ4v) is 8.12. The Hall–Kier alpha value is -3.36. The van der Waals surface area contributed by atoms with E-state index in [1.807, 2.05) is 56.4 Å². The van der Waals surface area contributed by atoms with Gasteiger partial charge in [-0.15, -0.1) is 0 Å². The first kappa shape index (κ1) is 55.0. The van der Waals surface area contributed by atoms with Crippen molar-refractivity contribution in [2.45, 2.75) is 178 Å². The van der Waals surface area contributed by atoms with Crippen molar-refractivity contribution in [2.75, 3.05) is 0 Å². The number of allylic oxidation sites excluding steroid dienone is 13. The Morgan fingerprint density at radius 2 is 1.20 bits per heavy atom. The highest BCUT2D eigenvalue weighted by atomic mass is 16.7. The second kappa shape index (κ2) is 27.3. The highest BCUT2D eigenvalue weighted by Crippen LogP contribution is 2.38. The first-order chi connectivity index (χ1) is 30.2. The fourth-order valence-electron chi connectivity index (χ4n) is 8.12. The Morgan fingerprint density at radius 3 is 1.78 bits per heavy atom. The largest absolute Gasteiger partial charge is 0.481 e. The van der Waals surface area contributed by atoms with Gasteiger partial charge in [0.1, 0.15) is 18.1 Å². The molecule has 0 aromatic carbocycles. The molecule has 16 heteroatoms. The summed E-state index contributed by atoms with van der Waals surface area (Å²) >= 11 is 0. The molecule has 5 unspecified atom stereocenters. The Kier molecular flexibility index (Phi) is 23.5. The van der Waals surface area contributed by atoms with Crippen LogP contribution in [0.25, 0.3) is 0 Å². The predicted molar refractivity (Wildman–Crippen MR) is 239 cm³/mol. The number of carboxylic acids is 1. The summed E-state index contributed by atoms with van der Waals surface area (Å²) in [6.07, 6.45) is 10.4. The van der Waals surface area contributed by atoms with E-state index in [4.69, 9.17) is 24.7 Å². The molecule has 11 N–H and O–H groups in total. The molecule has 16 nitrogen and oxygen atoms in total. The number of esters is 1. The molecule has 0 saturated carbocycles. The van der Waals surface area contributed by atoms with E-state index < -0.39 is 116 Å². The zero-order chi connectivity index (χ0) is 47.6. The van der Waals surface area contributed by atoms with Crippen LogP contribution in [0.15, 0.2) is 85.1 Å². The molecule has 0 aromatic rings. The summed E-state index contributed by atoms with van der Waals surface area (Å²) in [5.74, 6) is -5.31. The lowest BCUT2D eigenvalue weighted by Crippen LogP contribution is -2.61. The molecule has 2 saturated heterocycles. The number of aliphatic hydroxyl groups excluding tert-OH is 7. The second-order valence-corrected chi connectivity index (χ2v) is 17.8. The number of ether oxygens (including phenoxy) is 4. The summed E-state index contributed by atoms with van der Waals surface area (Å²) in [4.78, 5) is 25.1. The number of hydrogen-bond acceptors (Lipinski definition) is 15. The molecule has 3 heterocycles. The Labute approximate surface area is 377 Å². The van der Waals surface area contributed by atoms with Crippen molar-refractivity contribution in [3.8, 4) is 0 Å². The van der Waals surface area contributed by atoms with Crippen LogP contribution in [0.4, 0.5) is 0 Å². The van der Waals surface area contributed by atoms with Gasteiger partial charge >= 0.3 is 11.9 Å². The van der Waals surface area contributed by atoms with Gasteiger partial charge in [0.25, 0.3) is 0 Å². The van der Waals surface area contributed by atoms with Gasteiger partial charge in [-0.05, 0) is 63.7 Å². The third-order valence-electron chi connectivity index (χ3n) is 12.5. The molecule has 0 spiro atoms. The molecule has 2 bridgehead atoms. The lowest BCUT2D eigenvalue weighted by Gasteiger charge is -2.45. The molecule has 362 valence electrons. The van der Waals surface area contributed by atoms with E-state index in [1.54, 1.807) is 43.4 Å². The van der Waals surface area contributed by atoms with Crippen molar-refractivity contribution in [1.82, 2.24) is 0 Å². The number of carbonyl (C=O) groups is 2. The predicted octanol–water partition coefficient (Wildman–Crippen LogP) is 3.02. The Balaban J connectivity index is 1.83. The van der Waals surface area contributed by atoms with Crippen LogP contribution in [-0.2, 0) is 28.5 Å². The summed E-state index contributed by atoms with van der Waals surface area (Å²) in [5.41, 5.74) is 6.03. The number of rotatable bonds is 3. The van der Waals surface area contributed by atoms with Gasteiger partial charge in [0.15, 0.2) is 12.1 Å². The van der Waals surface area contributed by atoms with Crippen molar-refractivity contribution in [3.05, 3.63) is 85.1 Å². The average Bonchev–Trinajstić information content (AvgIpc) is 3.21. The van der Waals surface area contributed by atoms with Crippen LogP contribution in [-0.4, -0.2) is 143 Å². The summed E-state index contributed by atoms with van der Waals surface area (Å²) in [6.45, 7) is 9.58. The molecule has 0 aromatic heterocycles. The molecule has 3 rings (SSSR count). The number of hydrogen-bond donors (Lipinski definition) is 10. The third kappa shape index (κ3) is 18.5. The maximum absolute atomic E-state index is 12.7. The molecule has 3 aliphatic heterocycles. The van der Waals surface area contributed by atoms with Crippen molar-refractivity contribution in [2.24, 2.45) is 29.4 Å². The van der Waals surface area contributed by atoms with Crippen molar-refractivity contribution < 1.29 is 74.5 Å². The van der Waals surface area contributed by atoms with Crippen LogP contribution >= 0.6 is 0 Å². The quantitative estimate of drug-likeness (QED) is 0.182. The maximum atomic E-state index is 12.7. The minimum atomic E-state index is -2.19. The van der Waals surface area contributed by atoms with Gasteiger partial charge in [-0.1, -0.05) is 106 Å².